The lowest BCUT2D eigenvalue weighted by Gasteiger charge is -2.09. The summed E-state index contributed by atoms with van der Waals surface area (Å²) in [5, 5.41) is 9.23. The summed E-state index contributed by atoms with van der Waals surface area (Å²) >= 11 is 1.09. The average molecular weight is 419 g/mol. The van der Waals surface area contributed by atoms with Crippen LogP contribution in [0.5, 0.6) is 0 Å². The molecule has 2 aromatic heterocycles. The van der Waals surface area contributed by atoms with E-state index in [4.69, 9.17) is 9.52 Å². The van der Waals surface area contributed by atoms with Crippen molar-refractivity contribution in [3.63, 3.8) is 0 Å². The number of benzene rings is 1. The molecule has 29 heavy (non-hydrogen) atoms. The summed E-state index contributed by atoms with van der Waals surface area (Å²) in [5.41, 5.74) is 0.250. The molecule has 1 N–H and O–H groups in total. The van der Waals surface area contributed by atoms with E-state index >= 15 is 0 Å². The quantitative estimate of drug-likeness (QED) is 0.424. The highest BCUT2D eigenvalue weighted by molar-refractivity contribution is 7.99. The Morgan fingerprint density at radius 1 is 1.14 bits per heavy atom. The van der Waals surface area contributed by atoms with E-state index in [2.05, 4.69) is 4.98 Å². The molecule has 3 aromatic rings. The molecule has 9 heteroatoms. The first-order valence-corrected chi connectivity index (χ1v) is 8.89. The summed E-state index contributed by atoms with van der Waals surface area (Å²) in [4.78, 5) is 26.1. The minimum Gasteiger partial charge on any atom is -0.478 e. The third kappa shape index (κ3) is 5.14. The number of hydrogen-bond acceptors (Lipinski definition) is 5. The molecule has 3 rings (SSSR count). The average Bonchev–Trinajstić information content (AvgIpc) is 3.16. The number of carboxylic acid groups (broad SMARTS) is 1. The first-order valence-electron chi connectivity index (χ1n) is 8.08. The van der Waals surface area contributed by atoms with Crippen LogP contribution in [0.2, 0.25) is 0 Å². The molecular weight excluding hydrogens is 407 g/mol. The van der Waals surface area contributed by atoms with Crippen molar-refractivity contribution in [2.24, 2.45) is 0 Å². The molecule has 0 atom stereocenters. The highest BCUT2D eigenvalue weighted by Crippen LogP contribution is 2.35. The molecule has 0 aliphatic heterocycles. The Hall–Kier alpha value is -3.33. The predicted octanol–water partition coefficient (Wildman–Crippen LogP) is 5.42. The highest BCUT2D eigenvalue weighted by Gasteiger charge is 2.30. The standard InChI is InChI=1S/C20H12F3NO4S/c21-20(22,23)14-3-7-18(24-10-14)29-17-6-1-12(9-13(17)2-8-19(26)27)16-5-4-15(11-25)28-16/h1-11H,(H,26,27). The zero-order chi connectivity index (χ0) is 21.0. The van der Waals surface area contributed by atoms with Crippen LogP contribution in [-0.4, -0.2) is 22.3 Å². The van der Waals surface area contributed by atoms with Crippen LogP contribution in [0.4, 0.5) is 13.2 Å². The third-order valence-corrected chi connectivity index (χ3v) is 4.76. The van der Waals surface area contributed by atoms with E-state index in [1.54, 1.807) is 24.3 Å². The van der Waals surface area contributed by atoms with Crippen molar-refractivity contribution in [2.45, 2.75) is 16.1 Å². The number of aromatic nitrogens is 1. The molecule has 0 saturated carbocycles. The molecular formula is C20H12F3NO4S. The molecule has 0 aliphatic carbocycles. The van der Waals surface area contributed by atoms with Crippen LogP contribution in [0, 0.1) is 0 Å². The van der Waals surface area contributed by atoms with E-state index in [1.807, 2.05) is 0 Å². The number of furan rings is 1. The lowest BCUT2D eigenvalue weighted by Crippen LogP contribution is -2.05. The number of aldehydes is 1. The number of rotatable bonds is 6. The first-order chi connectivity index (χ1) is 13.8. The molecule has 0 aliphatic rings. The Balaban J connectivity index is 1.94. The van der Waals surface area contributed by atoms with Gasteiger partial charge >= 0.3 is 12.1 Å². The summed E-state index contributed by atoms with van der Waals surface area (Å²) in [5.74, 6) is -0.587. The van der Waals surface area contributed by atoms with Gasteiger partial charge in [0.25, 0.3) is 0 Å². The molecule has 0 fully saturated rings. The van der Waals surface area contributed by atoms with Gasteiger partial charge in [-0.25, -0.2) is 9.78 Å². The molecule has 0 amide bonds. The van der Waals surface area contributed by atoms with Crippen molar-refractivity contribution in [1.29, 1.82) is 0 Å². The topological polar surface area (TPSA) is 80.4 Å². The van der Waals surface area contributed by atoms with E-state index in [9.17, 15) is 22.8 Å². The number of hydrogen-bond donors (Lipinski definition) is 1. The van der Waals surface area contributed by atoms with E-state index in [-0.39, 0.29) is 5.76 Å². The number of alkyl halides is 3. The third-order valence-electron chi connectivity index (χ3n) is 3.72. The Morgan fingerprint density at radius 2 is 1.93 bits per heavy atom. The van der Waals surface area contributed by atoms with Crippen molar-refractivity contribution in [1.82, 2.24) is 4.98 Å². The maximum absolute atomic E-state index is 12.7. The van der Waals surface area contributed by atoms with Gasteiger partial charge in [0.1, 0.15) is 10.8 Å². The second kappa shape index (κ2) is 8.36. The predicted molar refractivity (Wildman–Crippen MR) is 99.6 cm³/mol. The molecule has 0 saturated heterocycles. The second-order valence-electron chi connectivity index (χ2n) is 5.73. The lowest BCUT2D eigenvalue weighted by molar-refractivity contribution is -0.138. The number of carbonyl (C=O) groups is 2. The molecule has 0 bridgehead atoms. The SMILES string of the molecule is O=Cc1ccc(-c2ccc(Sc3ccc(C(F)(F)F)cn3)c(C=CC(=O)O)c2)o1. The van der Waals surface area contributed by atoms with Crippen LogP contribution < -0.4 is 0 Å². The summed E-state index contributed by atoms with van der Waals surface area (Å²) in [6, 6.07) is 10.3. The Labute approximate surface area is 166 Å². The number of pyridine rings is 1. The van der Waals surface area contributed by atoms with Crippen molar-refractivity contribution in [3.05, 3.63) is 71.6 Å². The lowest BCUT2D eigenvalue weighted by atomic mass is 10.1. The van der Waals surface area contributed by atoms with E-state index in [1.165, 1.54) is 18.2 Å². The van der Waals surface area contributed by atoms with Crippen LogP contribution in [0.3, 0.4) is 0 Å². The fraction of sp³-hybridized carbons (Fsp3) is 0.0500. The summed E-state index contributed by atoms with van der Waals surface area (Å²) < 4.78 is 43.4. The number of carbonyl (C=O) groups excluding carboxylic acids is 1. The first kappa shape index (κ1) is 20.4. The van der Waals surface area contributed by atoms with Crippen molar-refractivity contribution in [2.75, 3.05) is 0 Å². The number of carboxylic acids is 1. The van der Waals surface area contributed by atoms with Gasteiger partial charge in [0, 0.05) is 22.7 Å². The van der Waals surface area contributed by atoms with Crippen LogP contribution in [0.1, 0.15) is 21.7 Å². The number of halogens is 3. The van der Waals surface area contributed by atoms with Gasteiger partial charge in [-0.15, -0.1) is 0 Å². The maximum atomic E-state index is 12.7. The van der Waals surface area contributed by atoms with E-state index in [0.29, 0.717) is 33.1 Å². The van der Waals surface area contributed by atoms with Crippen molar-refractivity contribution < 1.29 is 32.3 Å². The minimum absolute atomic E-state index is 0.148. The summed E-state index contributed by atoms with van der Waals surface area (Å²) in [6.07, 6.45) is -0.858. The fourth-order valence-corrected chi connectivity index (χ4v) is 3.23. The van der Waals surface area contributed by atoms with Gasteiger partial charge in [-0.05, 0) is 48.0 Å². The Bertz CT molecular complexity index is 1070. The van der Waals surface area contributed by atoms with Crippen LogP contribution in [-0.2, 0) is 11.0 Å². The van der Waals surface area contributed by atoms with Gasteiger partial charge in [-0.1, -0.05) is 17.8 Å². The minimum atomic E-state index is -4.48. The molecule has 148 valence electrons. The van der Waals surface area contributed by atoms with Gasteiger partial charge in [0.05, 0.1) is 5.56 Å². The molecule has 2 heterocycles. The zero-order valence-corrected chi connectivity index (χ0v) is 15.3. The molecule has 5 nitrogen and oxygen atoms in total. The Morgan fingerprint density at radius 3 is 2.52 bits per heavy atom. The largest absolute Gasteiger partial charge is 0.478 e. The van der Waals surface area contributed by atoms with Gasteiger partial charge in [0.2, 0.25) is 0 Å². The Kier molecular flexibility index (Phi) is 5.88. The fourth-order valence-electron chi connectivity index (χ4n) is 2.38. The smallest absolute Gasteiger partial charge is 0.417 e. The number of aliphatic carboxylic acids is 1. The van der Waals surface area contributed by atoms with Crippen LogP contribution in [0.25, 0.3) is 17.4 Å². The van der Waals surface area contributed by atoms with Gasteiger partial charge in [-0.2, -0.15) is 13.2 Å². The van der Waals surface area contributed by atoms with Crippen LogP contribution >= 0.6 is 11.8 Å². The van der Waals surface area contributed by atoms with Gasteiger partial charge in [-0.3, -0.25) is 4.79 Å². The molecule has 1 aromatic carbocycles. The van der Waals surface area contributed by atoms with Crippen LogP contribution in [0.15, 0.2) is 69.1 Å². The monoisotopic (exact) mass is 419 g/mol. The summed E-state index contributed by atoms with van der Waals surface area (Å²) in [7, 11) is 0. The highest BCUT2D eigenvalue weighted by atomic mass is 32.2. The zero-order valence-electron chi connectivity index (χ0n) is 14.5. The molecule has 0 radical (unpaired) electrons. The second-order valence-corrected chi connectivity index (χ2v) is 6.79. The van der Waals surface area contributed by atoms with E-state index in [0.717, 1.165) is 30.1 Å². The summed E-state index contributed by atoms with van der Waals surface area (Å²) in [6.45, 7) is 0. The van der Waals surface area contributed by atoms with Crippen molar-refractivity contribution >= 4 is 30.1 Å². The van der Waals surface area contributed by atoms with E-state index < -0.39 is 17.7 Å². The molecule has 0 spiro atoms. The van der Waals surface area contributed by atoms with Gasteiger partial charge < -0.3 is 9.52 Å². The number of nitrogens with zero attached hydrogens (tertiary/aromatic N) is 1. The normalized spacial score (nSPS) is 11.7. The molecule has 0 unspecified atom stereocenters. The van der Waals surface area contributed by atoms with Crippen molar-refractivity contribution in [3.8, 4) is 11.3 Å². The van der Waals surface area contributed by atoms with Gasteiger partial charge in [0.15, 0.2) is 12.0 Å². The maximum Gasteiger partial charge on any atom is 0.417 e.